The van der Waals surface area contributed by atoms with Crippen molar-refractivity contribution >= 4 is 0 Å². The first kappa shape index (κ1) is 11.8. The largest absolute Gasteiger partial charge is 0.394 e. The number of rotatable bonds is 4. The molecule has 0 rings (SSSR count). The zero-order valence-electron chi connectivity index (χ0n) is 8.00. The number of nitrogens with two attached hydrogens (primary N) is 1. The SMILES string of the molecule is CC(C)(C)C(N)(O)COCCO. The fourth-order valence-electron chi connectivity index (χ4n) is 0.509. The first-order valence-electron chi connectivity index (χ1n) is 4.01. The molecule has 0 bridgehead atoms. The Labute approximate surface area is 73.3 Å². The predicted octanol–water partition coefficient (Wildman–Crippen LogP) is -0.311. The lowest BCUT2D eigenvalue weighted by Crippen LogP contribution is -2.55. The molecular weight excluding hydrogens is 158 g/mol. The van der Waals surface area contributed by atoms with Crippen molar-refractivity contribution in [2.24, 2.45) is 11.1 Å². The molecule has 0 saturated heterocycles. The van der Waals surface area contributed by atoms with Gasteiger partial charge in [-0.1, -0.05) is 20.8 Å². The monoisotopic (exact) mass is 177 g/mol. The van der Waals surface area contributed by atoms with Crippen LogP contribution in [0.2, 0.25) is 0 Å². The third kappa shape index (κ3) is 3.49. The number of hydrogen-bond acceptors (Lipinski definition) is 4. The van der Waals surface area contributed by atoms with Crippen LogP contribution in [0.5, 0.6) is 0 Å². The van der Waals surface area contributed by atoms with Gasteiger partial charge in [-0.2, -0.15) is 0 Å². The predicted molar refractivity (Wildman–Crippen MR) is 46.5 cm³/mol. The van der Waals surface area contributed by atoms with E-state index in [1.54, 1.807) is 0 Å². The molecular formula is C8H19NO3. The summed E-state index contributed by atoms with van der Waals surface area (Å²) >= 11 is 0. The molecule has 0 spiro atoms. The molecule has 4 heteroatoms. The molecule has 0 aromatic rings. The van der Waals surface area contributed by atoms with Crippen LogP contribution >= 0.6 is 0 Å². The van der Waals surface area contributed by atoms with E-state index in [1.165, 1.54) is 0 Å². The molecule has 12 heavy (non-hydrogen) atoms. The van der Waals surface area contributed by atoms with Gasteiger partial charge in [0.25, 0.3) is 0 Å². The summed E-state index contributed by atoms with van der Waals surface area (Å²) in [5.74, 6) is 0. The van der Waals surface area contributed by atoms with Crippen molar-refractivity contribution in [1.29, 1.82) is 0 Å². The van der Waals surface area contributed by atoms with Crippen LogP contribution in [0.3, 0.4) is 0 Å². The van der Waals surface area contributed by atoms with Crippen LogP contribution in [0.4, 0.5) is 0 Å². The third-order valence-corrected chi connectivity index (χ3v) is 1.86. The molecule has 0 fully saturated rings. The molecule has 0 amide bonds. The second-order valence-corrected chi connectivity index (χ2v) is 3.95. The van der Waals surface area contributed by atoms with Crippen molar-refractivity contribution in [3.63, 3.8) is 0 Å². The summed E-state index contributed by atoms with van der Waals surface area (Å²) < 4.78 is 4.95. The fourth-order valence-corrected chi connectivity index (χ4v) is 0.509. The molecule has 0 aliphatic heterocycles. The quantitative estimate of drug-likeness (QED) is 0.406. The molecule has 4 nitrogen and oxygen atoms in total. The normalized spacial score (nSPS) is 17.5. The van der Waals surface area contributed by atoms with Gasteiger partial charge in [0.05, 0.1) is 19.8 Å². The Morgan fingerprint density at radius 3 is 2.17 bits per heavy atom. The summed E-state index contributed by atoms with van der Waals surface area (Å²) in [5.41, 5.74) is 3.81. The van der Waals surface area contributed by atoms with Gasteiger partial charge in [0.15, 0.2) is 0 Å². The Bertz CT molecular complexity index is 129. The topological polar surface area (TPSA) is 75.7 Å². The smallest absolute Gasteiger partial charge is 0.141 e. The fraction of sp³-hybridized carbons (Fsp3) is 1.00. The molecule has 74 valence electrons. The Balaban J connectivity index is 3.88. The van der Waals surface area contributed by atoms with E-state index in [0.717, 1.165) is 0 Å². The van der Waals surface area contributed by atoms with Crippen molar-refractivity contribution in [1.82, 2.24) is 0 Å². The van der Waals surface area contributed by atoms with E-state index in [1.807, 2.05) is 20.8 Å². The van der Waals surface area contributed by atoms with Gasteiger partial charge in [-0.25, -0.2) is 0 Å². The Morgan fingerprint density at radius 2 is 1.83 bits per heavy atom. The molecule has 0 aliphatic carbocycles. The molecule has 0 aromatic heterocycles. The minimum absolute atomic E-state index is 0.0388. The van der Waals surface area contributed by atoms with Crippen LogP contribution in [0.15, 0.2) is 0 Å². The molecule has 0 aromatic carbocycles. The van der Waals surface area contributed by atoms with E-state index in [2.05, 4.69) is 0 Å². The van der Waals surface area contributed by atoms with Crippen LogP contribution in [-0.2, 0) is 4.74 Å². The maximum Gasteiger partial charge on any atom is 0.141 e. The number of aliphatic hydroxyl groups excluding tert-OH is 1. The summed E-state index contributed by atoms with van der Waals surface area (Å²) in [6.45, 7) is 5.67. The van der Waals surface area contributed by atoms with Gasteiger partial charge in [-0.3, -0.25) is 0 Å². The highest BCUT2D eigenvalue weighted by Gasteiger charge is 2.36. The van der Waals surface area contributed by atoms with E-state index >= 15 is 0 Å². The number of aliphatic hydroxyl groups is 2. The van der Waals surface area contributed by atoms with E-state index in [9.17, 15) is 5.11 Å². The van der Waals surface area contributed by atoms with Crippen molar-refractivity contribution in [3.8, 4) is 0 Å². The lowest BCUT2D eigenvalue weighted by Gasteiger charge is -2.36. The van der Waals surface area contributed by atoms with E-state index in [-0.39, 0.29) is 19.8 Å². The highest BCUT2D eigenvalue weighted by atomic mass is 16.5. The van der Waals surface area contributed by atoms with Gasteiger partial charge in [0.1, 0.15) is 5.72 Å². The number of hydrogen-bond donors (Lipinski definition) is 3. The molecule has 1 unspecified atom stereocenters. The zero-order chi connectivity index (χ0) is 9.83. The van der Waals surface area contributed by atoms with Crippen molar-refractivity contribution < 1.29 is 14.9 Å². The lowest BCUT2D eigenvalue weighted by molar-refractivity contribution is -0.112. The second kappa shape index (κ2) is 4.18. The van der Waals surface area contributed by atoms with Crippen LogP contribution in [0.25, 0.3) is 0 Å². The average molecular weight is 177 g/mol. The van der Waals surface area contributed by atoms with E-state index in [0.29, 0.717) is 0 Å². The molecule has 0 heterocycles. The van der Waals surface area contributed by atoms with Crippen LogP contribution < -0.4 is 5.73 Å². The summed E-state index contributed by atoms with van der Waals surface area (Å²) in [4.78, 5) is 0. The molecule has 0 aliphatic rings. The Hall–Kier alpha value is -0.160. The Kier molecular flexibility index (Phi) is 4.13. The van der Waals surface area contributed by atoms with Crippen molar-refractivity contribution in [2.45, 2.75) is 26.5 Å². The highest BCUT2D eigenvalue weighted by molar-refractivity contribution is 4.84. The highest BCUT2D eigenvalue weighted by Crippen LogP contribution is 2.25. The minimum atomic E-state index is -1.35. The van der Waals surface area contributed by atoms with Gasteiger partial charge in [0.2, 0.25) is 0 Å². The van der Waals surface area contributed by atoms with Gasteiger partial charge in [0, 0.05) is 5.41 Å². The van der Waals surface area contributed by atoms with Gasteiger partial charge < -0.3 is 20.7 Å². The lowest BCUT2D eigenvalue weighted by atomic mass is 9.84. The summed E-state index contributed by atoms with van der Waals surface area (Å²) in [6, 6.07) is 0. The van der Waals surface area contributed by atoms with Crippen molar-refractivity contribution in [2.75, 3.05) is 19.8 Å². The zero-order valence-corrected chi connectivity index (χ0v) is 8.00. The standard InChI is InChI=1S/C8H19NO3/c1-7(2,3)8(9,11)6-12-5-4-10/h10-11H,4-6,9H2,1-3H3. The van der Waals surface area contributed by atoms with Crippen molar-refractivity contribution in [3.05, 3.63) is 0 Å². The summed E-state index contributed by atoms with van der Waals surface area (Å²) in [5, 5.41) is 18.1. The van der Waals surface area contributed by atoms with Gasteiger partial charge >= 0.3 is 0 Å². The third-order valence-electron chi connectivity index (χ3n) is 1.86. The molecule has 0 radical (unpaired) electrons. The maximum atomic E-state index is 9.65. The maximum absolute atomic E-state index is 9.65. The first-order chi connectivity index (χ1) is 5.31. The molecule has 1 atom stereocenters. The average Bonchev–Trinajstić information content (AvgIpc) is 1.85. The second-order valence-electron chi connectivity index (χ2n) is 3.95. The van der Waals surface area contributed by atoms with Crippen LogP contribution in [0, 0.1) is 5.41 Å². The summed E-state index contributed by atoms with van der Waals surface area (Å²) in [7, 11) is 0. The summed E-state index contributed by atoms with van der Waals surface area (Å²) in [6.07, 6.45) is 0. The number of ether oxygens (including phenoxy) is 1. The molecule has 4 N–H and O–H groups in total. The van der Waals surface area contributed by atoms with Crippen LogP contribution in [0.1, 0.15) is 20.8 Å². The first-order valence-corrected chi connectivity index (χ1v) is 4.01. The van der Waals surface area contributed by atoms with Gasteiger partial charge in [-0.15, -0.1) is 0 Å². The Morgan fingerprint density at radius 1 is 1.33 bits per heavy atom. The van der Waals surface area contributed by atoms with E-state index in [4.69, 9.17) is 15.6 Å². The minimum Gasteiger partial charge on any atom is -0.394 e. The molecule has 0 saturated carbocycles. The van der Waals surface area contributed by atoms with Crippen LogP contribution in [-0.4, -0.2) is 35.8 Å². The van der Waals surface area contributed by atoms with Gasteiger partial charge in [-0.05, 0) is 0 Å². The van der Waals surface area contributed by atoms with E-state index < -0.39 is 11.1 Å².